The van der Waals surface area contributed by atoms with Gasteiger partial charge in [-0.2, -0.15) is 9.78 Å². The van der Waals surface area contributed by atoms with Crippen LogP contribution in [-0.4, -0.2) is 28.0 Å². The lowest BCUT2D eigenvalue weighted by atomic mass is 10.2. The van der Waals surface area contributed by atoms with E-state index in [2.05, 4.69) is 15.1 Å². The van der Waals surface area contributed by atoms with Gasteiger partial charge < -0.3 is 4.74 Å². The Labute approximate surface area is 147 Å². The molecule has 0 spiro atoms. The van der Waals surface area contributed by atoms with Crippen molar-refractivity contribution in [3.05, 3.63) is 64.3 Å². The lowest BCUT2D eigenvalue weighted by molar-refractivity contribution is 0.415. The average Bonchev–Trinajstić information content (AvgIpc) is 3.01. The highest BCUT2D eigenvalue weighted by molar-refractivity contribution is 7.25. The third-order valence-electron chi connectivity index (χ3n) is 3.84. The maximum Gasteiger partial charge on any atom is 0.292 e. The smallest absolute Gasteiger partial charge is 0.292 e. The molecule has 1 aromatic carbocycles. The predicted octanol–water partition coefficient (Wildman–Crippen LogP) is 3.21. The number of rotatable bonds is 3. The molecule has 0 unspecified atom stereocenters. The Kier molecular flexibility index (Phi) is 3.77. The molecule has 4 rings (SSSR count). The number of benzene rings is 1. The molecular formula is C18H14N4O2S. The highest BCUT2D eigenvalue weighted by atomic mass is 32.1. The first kappa shape index (κ1) is 15.5. The van der Waals surface area contributed by atoms with Crippen molar-refractivity contribution < 1.29 is 4.74 Å². The van der Waals surface area contributed by atoms with Crippen LogP contribution in [0.2, 0.25) is 0 Å². The first-order chi connectivity index (χ1) is 12.2. The maximum atomic E-state index is 12.8. The van der Waals surface area contributed by atoms with Crippen molar-refractivity contribution in [3.8, 4) is 5.75 Å². The SMILES string of the molecule is COc1ccc(/C=N/n2c(C)nc3c(sc4ncccc43)c2=O)cc1. The molecule has 0 saturated heterocycles. The molecule has 0 atom stereocenters. The number of hydrogen-bond acceptors (Lipinski definition) is 6. The van der Waals surface area contributed by atoms with Crippen LogP contribution in [0.3, 0.4) is 0 Å². The number of aromatic nitrogens is 3. The highest BCUT2D eigenvalue weighted by Gasteiger charge is 2.14. The van der Waals surface area contributed by atoms with E-state index in [4.69, 9.17) is 4.74 Å². The van der Waals surface area contributed by atoms with Crippen molar-refractivity contribution in [1.29, 1.82) is 0 Å². The fourth-order valence-corrected chi connectivity index (χ4v) is 3.59. The first-order valence-electron chi connectivity index (χ1n) is 7.62. The molecular weight excluding hydrogens is 336 g/mol. The summed E-state index contributed by atoms with van der Waals surface area (Å²) in [5, 5.41) is 5.21. The standard InChI is InChI=1S/C18H14N4O2S/c1-11-21-15-14-4-3-9-19-17(14)25-16(15)18(23)22(11)20-10-12-5-7-13(24-2)8-6-12/h3-10H,1-2H3/b20-10+. The average molecular weight is 350 g/mol. The van der Waals surface area contributed by atoms with Crippen LogP contribution in [0, 0.1) is 6.92 Å². The second-order valence-electron chi connectivity index (χ2n) is 5.43. The van der Waals surface area contributed by atoms with Crippen LogP contribution in [0.4, 0.5) is 0 Å². The van der Waals surface area contributed by atoms with E-state index in [9.17, 15) is 4.79 Å². The summed E-state index contributed by atoms with van der Waals surface area (Å²) in [6.07, 6.45) is 3.35. The summed E-state index contributed by atoms with van der Waals surface area (Å²) in [7, 11) is 1.62. The Balaban J connectivity index is 1.82. The van der Waals surface area contributed by atoms with Gasteiger partial charge >= 0.3 is 0 Å². The molecule has 25 heavy (non-hydrogen) atoms. The summed E-state index contributed by atoms with van der Waals surface area (Å²) >= 11 is 1.34. The van der Waals surface area contributed by atoms with E-state index >= 15 is 0 Å². The molecule has 0 amide bonds. The molecule has 124 valence electrons. The number of nitrogens with zero attached hydrogens (tertiary/aromatic N) is 4. The monoisotopic (exact) mass is 350 g/mol. The zero-order valence-corrected chi connectivity index (χ0v) is 14.4. The lowest BCUT2D eigenvalue weighted by Crippen LogP contribution is -2.19. The third kappa shape index (κ3) is 2.68. The van der Waals surface area contributed by atoms with E-state index in [0.717, 1.165) is 21.5 Å². The molecule has 0 radical (unpaired) electrons. The van der Waals surface area contributed by atoms with Crippen molar-refractivity contribution in [1.82, 2.24) is 14.6 Å². The number of aryl methyl sites for hydroxylation is 1. The molecule has 0 bridgehead atoms. The van der Waals surface area contributed by atoms with E-state index in [-0.39, 0.29) is 5.56 Å². The van der Waals surface area contributed by atoms with Gasteiger partial charge in [-0.3, -0.25) is 4.79 Å². The van der Waals surface area contributed by atoms with Gasteiger partial charge in [-0.1, -0.05) is 0 Å². The van der Waals surface area contributed by atoms with Gasteiger partial charge in [-0.25, -0.2) is 9.97 Å². The number of methoxy groups -OCH3 is 1. The minimum Gasteiger partial charge on any atom is -0.497 e. The Hall–Kier alpha value is -3.06. The van der Waals surface area contributed by atoms with Crippen LogP contribution in [-0.2, 0) is 0 Å². The minimum atomic E-state index is -0.185. The van der Waals surface area contributed by atoms with E-state index in [0.29, 0.717) is 16.0 Å². The summed E-state index contributed by atoms with van der Waals surface area (Å²) in [5.41, 5.74) is 1.37. The highest BCUT2D eigenvalue weighted by Crippen LogP contribution is 2.28. The lowest BCUT2D eigenvalue weighted by Gasteiger charge is -2.03. The summed E-state index contributed by atoms with van der Waals surface area (Å²) in [6, 6.07) is 11.2. The third-order valence-corrected chi connectivity index (χ3v) is 4.94. The van der Waals surface area contributed by atoms with Crippen LogP contribution in [0.25, 0.3) is 20.4 Å². The molecule has 0 aliphatic heterocycles. The number of hydrogen-bond donors (Lipinski definition) is 0. The maximum absolute atomic E-state index is 12.8. The van der Waals surface area contributed by atoms with Crippen molar-refractivity contribution in [2.75, 3.05) is 7.11 Å². The zero-order valence-electron chi connectivity index (χ0n) is 13.6. The van der Waals surface area contributed by atoms with Crippen molar-refractivity contribution in [2.45, 2.75) is 6.92 Å². The van der Waals surface area contributed by atoms with Gasteiger partial charge in [0, 0.05) is 11.6 Å². The number of ether oxygens (including phenoxy) is 1. The fraction of sp³-hybridized carbons (Fsp3) is 0.111. The van der Waals surface area contributed by atoms with Crippen molar-refractivity contribution >= 4 is 38.0 Å². The summed E-state index contributed by atoms with van der Waals surface area (Å²) in [4.78, 5) is 22.5. The van der Waals surface area contributed by atoms with Crippen LogP contribution < -0.4 is 10.3 Å². The van der Waals surface area contributed by atoms with E-state index in [1.165, 1.54) is 16.0 Å². The summed E-state index contributed by atoms with van der Waals surface area (Å²) < 4.78 is 7.02. The van der Waals surface area contributed by atoms with Crippen molar-refractivity contribution in [2.24, 2.45) is 5.10 Å². The van der Waals surface area contributed by atoms with Crippen LogP contribution in [0.5, 0.6) is 5.75 Å². The molecule has 0 fully saturated rings. The largest absolute Gasteiger partial charge is 0.497 e. The molecule has 3 heterocycles. The van der Waals surface area contributed by atoms with Crippen LogP contribution in [0.15, 0.2) is 52.5 Å². The second kappa shape index (κ2) is 6.10. The fourth-order valence-electron chi connectivity index (χ4n) is 2.58. The summed E-state index contributed by atoms with van der Waals surface area (Å²) in [6.45, 7) is 1.77. The Morgan fingerprint density at radius 1 is 1.24 bits per heavy atom. The van der Waals surface area contributed by atoms with Crippen molar-refractivity contribution in [3.63, 3.8) is 0 Å². The first-order valence-corrected chi connectivity index (χ1v) is 8.44. The molecule has 0 N–H and O–H groups in total. The van der Waals surface area contributed by atoms with Gasteiger partial charge in [0.2, 0.25) is 0 Å². The number of thiophene rings is 1. The van der Waals surface area contributed by atoms with E-state index in [1.807, 2.05) is 36.4 Å². The molecule has 3 aromatic heterocycles. The van der Waals surface area contributed by atoms with Crippen LogP contribution >= 0.6 is 11.3 Å². The topological polar surface area (TPSA) is 69.4 Å². The normalized spacial score (nSPS) is 11.6. The van der Waals surface area contributed by atoms with Gasteiger partial charge in [-0.05, 0) is 48.9 Å². The molecule has 0 aliphatic carbocycles. The zero-order chi connectivity index (χ0) is 17.4. The molecule has 6 nitrogen and oxygen atoms in total. The molecule has 0 saturated carbocycles. The molecule has 0 aliphatic rings. The summed E-state index contributed by atoms with van der Waals surface area (Å²) in [5.74, 6) is 1.30. The van der Waals surface area contributed by atoms with Gasteiger partial charge in [0.1, 0.15) is 21.1 Å². The van der Waals surface area contributed by atoms with Gasteiger partial charge in [0.25, 0.3) is 5.56 Å². The molecule has 7 heteroatoms. The number of fused-ring (bicyclic) bond motifs is 3. The minimum absolute atomic E-state index is 0.185. The van der Waals surface area contributed by atoms with Crippen LogP contribution in [0.1, 0.15) is 11.4 Å². The van der Waals surface area contributed by atoms with Gasteiger partial charge in [0.15, 0.2) is 0 Å². The quantitative estimate of drug-likeness (QED) is 0.532. The Bertz CT molecular complexity index is 1160. The molecule has 4 aromatic rings. The van der Waals surface area contributed by atoms with E-state index in [1.54, 1.807) is 26.4 Å². The Morgan fingerprint density at radius 2 is 2.04 bits per heavy atom. The van der Waals surface area contributed by atoms with E-state index < -0.39 is 0 Å². The van der Waals surface area contributed by atoms with Gasteiger partial charge in [-0.15, -0.1) is 11.3 Å². The van der Waals surface area contributed by atoms with Gasteiger partial charge in [0.05, 0.1) is 18.8 Å². The number of pyridine rings is 1. The second-order valence-corrected chi connectivity index (χ2v) is 6.43. The Morgan fingerprint density at radius 3 is 2.80 bits per heavy atom. The predicted molar refractivity (Wildman–Crippen MR) is 99.9 cm³/mol.